The van der Waals surface area contributed by atoms with Crippen LogP contribution in [0.25, 0.3) is 5.69 Å². The van der Waals surface area contributed by atoms with Crippen LogP contribution in [-0.4, -0.2) is 43.8 Å². The van der Waals surface area contributed by atoms with E-state index in [-0.39, 0.29) is 11.9 Å². The number of nitrogens with one attached hydrogen (secondary N) is 2. The summed E-state index contributed by atoms with van der Waals surface area (Å²) in [5.41, 5.74) is 1.27. The lowest BCUT2D eigenvalue weighted by atomic mass is 10.2. The van der Waals surface area contributed by atoms with Gasteiger partial charge in [0.2, 0.25) is 5.91 Å². The Kier molecular flexibility index (Phi) is 3.86. The molecule has 104 valence electrons. The molecular weight excluding hydrogens is 300 g/mol. The first kappa shape index (κ1) is 13.3. The van der Waals surface area contributed by atoms with E-state index in [9.17, 15) is 4.79 Å². The van der Waals surface area contributed by atoms with Gasteiger partial charge in [-0.05, 0) is 28.6 Å². The molecule has 1 fully saturated rings. The number of nitrogens with zero attached hydrogens (tertiary/aromatic N) is 4. The Balaban J connectivity index is 1.81. The summed E-state index contributed by atoms with van der Waals surface area (Å²) in [6.45, 7) is 0. The van der Waals surface area contributed by atoms with Gasteiger partial charge in [0.15, 0.2) is 0 Å². The van der Waals surface area contributed by atoms with Crippen LogP contribution in [-0.2, 0) is 4.79 Å². The highest BCUT2D eigenvalue weighted by Crippen LogP contribution is 2.25. The predicted molar refractivity (Wildman–Crippen MR) is 77.0 cm³/mol. The molecule has 1 aliphatic rings. The van der Waals surface area contributed by atoms with Crippen LogP contribution < -0.4 is 10.6 Å². The monoisotopic (exact) mass is 310 g/mol. The summed E-state index contributed by atoms with van der Waals surface area (Å²) in [6, 6.07) is 5.02. The van der Waals surface area contributed by atoms with Crippen LogP contribution in [0.4, 0.5) is 5.69 Å². The van der Waals surface area contributed by atoms with E-state index in [1.165, 1.54) is 11.0 Å². The Hall–Kier alpha value is -1.64. The minimum absolute atomic E-state index is 0.0919. The van der Waals surface area contributed by atoms with Crippen LogP contribution in [0.3, 0.4) is 0 Å². The van der Waals surface area contributed by atoms with Gasteiger partial charge in [-0.25, -0.2) is 4.68 Å². The Bertz CT molecular complexity index is 613. The smallest absolute Gasteiger partial charge is 0.242 e. The first-order valence-corrected chi connectivity index (χ1v) is 7.42. The lowest BCUT2D eigenvalue weighted by Crippen LogP contribution is -2.37. The number of tetrazole rings is 1. The minimum atomic E-state index is -0.187. The number of halogens is 1. The van der Waals surface area contributed by atoms with Crippen molar-refractivity contribution in [1.29, 1.82) is 0 Å². The number of carbonyl (C=O) groups excluding carboxylic acids is 1. The summed E-state index contributed by atoms with van der Waals surface area (Å²) >= 11 is 7.80. The average molecular weight is 311 g/mol. The van der Waals surface area contributed by atoms with Crippen molar-refractivity contribution in [1.82, 2.24) is 25.5 Å². The molecule has 20 heavy (non-hydrogen) atoms. The zero-order valence-electron chi connectivity index (χ0n) is 10.3. The molecule has 1 atom stereocenters. The number of amides is 1. The Labute approximate surface area is 124 Å². The number of anilines is 1. The van der Waals surface area contributed by atoms with E-state index in [2.05, 4.69) is 26.2 Å². The van der Waals surface area contributed by atoms with Gasteiger partial charge in [0.1, 0.15) is 6.33 Å². The van der Waals surface area contributed by atoms with Crippen LogP contribution in [0.2, 0.25) is 5.02 Å². The lowest BCUT2D eigenvalue weighted by Gasteiger charge is -2.12. The Morgan fingerprint density at radius 2 is 2.45 bits per heavy atom. The highest BCUT2D eigenvalue weighted by molar-refractivity contribution is 7.99. The third-order valence-corrected chi connectivity index (χ3v) is 4.12. The second-order valence-corrected chi connectivity index (χ2v) is 5.62. The third-order valence-electron chi connectivity index (χ3n) is 2.85. The highest BCUT2D eigenvalue weighted by Gasteiger charge is 2.23. The van der Waals surface area contributed by atoms with Crippen LogP contribution >= 0.6 is 23.4 Å². The van der Waals surface area contributed by atoms with Gasteiger partial charge >= 0.3 is 0 Å². The van der Waals surface area contributed by atoms with Crippen LogP contribution in [0.15, 0.2) is 24.5 Å². The molecule has 2 N–H and O–H groups in total. The van der Waals surface area contributed by atoms with E-state index >= 15 is 0 Å². The van der Waals surface area contributed by atoms with E-state index < -0.39 is 0 Å². The molecule has 1 unspecified atom stereocenters. The molecule has 0 aliphatic carbocycles. The lowest BCUT2D eigenvalue weighted by molar-refractivity contribution is -0.117. The van der Waals surface area contributed by atoms with Gasteiger partial charge in [0.05, 0.1) is 22.4 Å². The SMILES string of the molecule is O=C(Nc1cc(-n2cnnn2)ccc1Cl)C1CSCN1. The van der Waals surface area contributed by atoms with Crippen molar-refractivity contribution in [2.45, 2.75) is 6.04 Å². The number of hydrogen-bond donors (Lipinski definition) is 2. The number of aromatic nitrogens is 4. The minimum Gasteiger partial charge on any atom is -0.323 e. The second-order valence-electron chi connectivity index (χ2n) is 4.18. The summed E-state index contributed by atoms with van der Waals surface area (Å²) in [7, 11) is 0. The number of carbonyl (C=O) groups is 1. The Morgan fingerprint density at radius 1 is 1.55 bits per heavy atom. The van der Waals surface area contributed by atoms with Crippen LogP contribution in [0.5, 0.6) is 0 Å². The molecule has 7 nitrogen and oxygen atoms in total. The van der Waals surface area contributed by atoms with Crippen LogP contribution in [0, 0.1) is 0 Å². The zero-order chi connectivity index (χ0) is 13.9. The van der Waals surface area contributed by atoms with Crippen molar-refractivity contribution in [3.05, 3.63) is 29.5 Å². The van der Waals surface area contributed by atoms with Gasteiger partial charge in [0.25, 0.3) is 0 Å². The summed E-state index contributed by atoms with van der Waals surface area (Å²) < 4.78 is 1.50. The van der Waals surface area contributed by atoms with E-state index in [0.717, 1.165) is 17.3 Å². The van der Waals surface area contributed by atoms with Crippen LogP contribution in [0.1, 0.15) is 0 Å². The molecule has 1 amide bonds. The quantitative estimate of drug-likeness (QED) is 0.877. The fourth-order valence-electron chi connectivity index (χ4n) is 1.81. The van der Waals surface area contributed by atoms with Gasteiger partial charge in [-0.2, -0.15) is 0 Å². The van der Waals surface area contributed by atoms with Crippen molar-refractivity contribution in [2.75, 3.05) is 16.9 Å². The number of benzene rings is 1. The largest absolute Gasteiger partial charge is 0.323 e. The summed E-state index contributed by atoms with van der Waals surface area (Å²) in [5, 5.41) is 17.4. The van der Waals surface area contributed by atoms with Crippen molar-refractivity contribution >= 4 is 35.0 Å². The van der Waals surface area contributed by atoms with Crippen molar-refractivity contribution in [3.63, 3.8) is 0 Å². The first-order valence-electron chi connectivity index (χ1n) is 5.89. The van der Waals surface area contributed by atoms with E-state index in [1.807, 2.05) is 0 Å². The van der Waals surface area contributed by atoms with Gasteiger partial charge in [0, 0.05) is 11.6 Å². The molecule has 9 heteroatoms. The molecule has 2 aromatic rings. The van der Waals surface area contributed by atoms with Gasteiger partial charge in [-0.1, -0.05) is 11.6 Å². The fourth-order valence-corrected chi connectivity index (χ4v) is 2.92. The molecule has 0 saturated carbocycles. The van der Waals surface area contributed by atoms with E-state index in [1.54, 1.807) is 30.0 Å². The summed E-state index contributed by atoms with van der Waals surface area (Å²) in [5.74, 6) is 1.46. The molecule has 1 saturated heterocycles. The molecule has 1 aromatic heterocycles. The molecule has 3 rings (SSSR count). The standard InChI is InChI=1S/C11H11ClN6OS/c12-8-2-1-7(18-5-14-16-17-18)3-9(8)15-11(19)10-4-20-6-13-10/h1-3,5,10,13H,4,6H2,(H,15,19). The topological polar surface area (TPSA) is 84.7 Å². The molecule has 0 radical (unpaired) electrons. The third kappa shape index (κ3) is 2.77. The second kappa shape index (κ2) is 5.78. The summed E-state index contributed by atoms with van der Waals surface area (Å²) in [6.07, 6.45) is 1.48. The van der Waals surface area contributed by atoms with Gasteiger partial charge < -0.3 is 5.32 Å². The number of hydrogen-bond acceptors (Lipinski definition) is 6. The normalized spacial score (nSPS) is 18.1. The molecule has 1 aliphatic heterocycles. The number of rotatable bonds is 3. The van der Waals surface area contributed by atoms with Gasteiger partial charge in [-0.3, -0.25) is 10.1 Å². The van der Waals surface area contributed by atoms with Crippen molar-refractivity contribution < 1.29 is 4.79 Å². The fraction of sp³-hybridized carbons (Fsp3) is 0.273. The summed E-state index contributed by atoms with van der Waals surface area (Å²) in [4.78, 5) is 12.1. The maximum absolute atomic E-state index is 12.1. The molecule has 2 heterocycles. The predicted octanol–water partition coefficient (Wildman–Crippen LogP) is 0.917. The van der Waals surface area contributed by atoms with Gasteiger partial charge in [-0.15, -0.1) is 16.9 Å². The van der Waals surface area contributed by atoms with Crippen molar-refractivity contribution in [2.24, 2.45) is 0 Å². The molecule has 0 spiro atoms. The van der Waals surface area contributed by atoms with E-state index in [0.29, 0.717) is 10.7 Å². The molecule has 0 bridgehead atoms. The maximum Gasteiger partial charge on any atom is 0.242 e. The zero-order valence-corrected chi connectivity index (χ0v) is 11.9. The van der Waals surface area contributed by atoms with E-state index in [4.69, 9.17) is 11.6 Å². The first-order chi connectivity index (χ1) is 9.74. The molecule has 1 aromatic carbocycles. The number of thioether (sulfide) groups is 1. The molecular formula is C11H11ClN6OS. The van der Waals surface area contributed by atoms with Crippen molar-refractivity contribution in [3.8, 4) is 5.69 Å². The Morgan fingerprint density at radius 3 is 3.15 bits per heavy atom. The average Bonchev–Trinajstić information content (AvgIpc) is 3.14. The maximum atomic E-state index is 12.1. The highest BCUT2D eigenvalue weighted by atomic mass is 35.5.